The Morgan fingerprint density at radius 1 is 1.32 bits per heavy atom. The fraction of sp³-hybridized carbons (Fsp3) is 0.353. The lowest BCUT2D eigenvalue weighted by atomic mass is 9.97. The predicted molar refractivity (Wildman–Crippen MR) is 88.4 cm³/mol. The highest BCUT2D eigenvalue weighted by molar-refractivity contribution is 6.02. The number of aromatic amines is 1. The number of H-pyrrole nitrogens is 1. The molecule has 1 saturated heterocycles. The molecule has 8 heteroatoms. The molecule has 0 bridgehead atoms. The summed E-state index contributed by atoms with van der Waals surface area (Å²) < 4.78 is 10.7. The molecule has 1 aromatic heterocycles. The lowest BCUT2D eigenvalue weighted by molar-refractivity contribution is 0.0674. The van der Waals surface area contributed by atoms with E-state index < -0.39 is 5.97 Å². The number of carbonyl (C=O) groups is 2. The van der Waals surface area contributed by atoms with E-state index in [-0.39, 0.29) is 23.2 Å². The third-order valence-corrected chi connectivity index (χ3v) is 4.41. The summed E-state index contributed by atoms with van der Waals surface area (Å²) >= 11 is 0. The number of hydrogen-bond donors (Lipinski definition) is 2. The van der Waals surface area contributed by atoms with Crippen molar-refractivity contribution in [2.45, 2.75) is 12.3 Å². The summed E-state index contributed by atoms with van der Waals surface area (Å²) in [4.78, 5) is 31.8. The van der Waals surface area contributed by atoms with Gasteiger partial charge >= 0.3 is 5.97 Å². The molecule has 1 fully saturated rings. The predicted octanol–water partition coefficient (Wildman–Crippen LogP) is 1.75. The monoisotopic (exact) mass is 345 g/mol. The summed E-state index contributed by atoms with van der Waals surface area (Å²) in [5, 5.41) is 9.13. The molecule has 0 spiro atoms. The van der Waals surface area contributed by atoms with Gasteiger partial charge in [-0.3, -0.25) is 4.79 Å². The second-order valence-corrected chi connectivity index (χ2v) is 5.78. The summed E-state index contributed by atoms with van der Waals surface area (Å²) in [6, 6.07) is 5.58. The van der Waals surface area contributed by atoms with Crippen LogP contribution in [0.1, 0.15) is 38.9 Å². The molecule has 2 heterocycles. The molecule has 25 heavy (non-hydrogen) atoms. The summed E-state index contributed by atoms with van der Waals surface area (Å²) in [7, 11) is 3.20. The van der Waals surface area contributed by atoms with E-state index in [0.29, 0.717) is 13.1 Å². The number of benzene rings is 1. The molecule has 2 N–H and O–H groups in total. The van der Waals surface area contributed by atoms with Crippen molar-refractivity contribution in [2.24, 2.45) is 0 Å². The minimum atomic E-state index is -1.20. The van der Waals surface area contributed by atoms with Crippen LogP contribution in [-0.2, 0) is 0 Å². The average molecular weight is 345 g/mol. The number of rotatable bonds is 5. The van der Waals surface area contributed by atoms with Gasteiger partial charge in [0.1, 0.15) is 11.5 Å². The molecule has 1 aliphatic rings. The van der Waals surface area contributed by atoms with E-state index in [2.05, 4.69) is 9.97 Å². The van der Waals surface area contributed by atoms with E-state index in [4.69, 9.17) is 14.6 Å². The number of aromatic nitrogens is 2. The van der Waals surface area contributed by atoms with Gasteiger partial charge < -0.3 is 24.5 Å². The highest BCUT2D eigenvalue weighted by atomic mass is 16.5. The highest BCUT2D eigenvalue weighted by Gasteiger charge is 2.32. The average Bonchev–Trinajstić information content (AvgIpc) is 3.30. The van der Waals surface area contributed by atoms with Crippen LogP contribution in [0.2, 0.25) is 0 Å². The SMILES string of the molecule is COc1ccc(OC)c(C2CCN(C(=O)c3nc[nH]c3C(=O)O)C2)c1. The highest BCUT2D eigenvalue weighted by Crippen LogP contribution is 2.36. The number of nitrogens with one attached hydrogen (secondary N) is 1. The molecule has 1 amide bonds. The number of carbonyl (C=O) groups excluding carboxylic acids is 1. The first-order valence-corrected chi connectivity index (χ1v) is 7.83. The normalized spacial score (nSPS) is 16.7. The van der Waals surface area contributed by atoms with Crippen molar-refractivity contribution in [3.05, 3.63) is 41.5 Å². The van der Waals surface area contributed by atoms with Gasteiger partial charge in [-0.1, -0.05) is 0 Å². The van der Waals surface area contributed by atoms with Crippen molar-refractivity contribution in [1.82, 2.24) is 14.9 Å². The topological polar surface area (TPSA) is 105 Å². The first kappa shape index (κ1) is 16.8. The van der Waals surface area contributed by atoms with Crippen molar-refractivity contribution >= 4 is 11.9 Å². The van der Waals surface area contributed by atoms with Crippen molar-refractivity contribution in [1.29, 1.82) is 0 Å². The second-order valence-electron chi connectivity index (χ2n) is 5.78. The Bertz CT molecular complexity index is 801. The van der Waals surface area contributed by atoms with Gasteiger partial charge in [0.05, 0.1) is 20.5 Å². The van der Waals surface area contributed by atoms with Crippen molar-refractivity contribution < 1.29 is 24.2 Å². The lowest BCUT2D eigenvalue weighted by Gasteiger charge is -2.18. The third-order valence-electron chi connectivity index (χ3n) is 4.41. The zero-order valence-electron chi connectivity index (χ0n) is 14.0. The van der Waals surface area contributed by atoms with Gasteiger partial charge in [0.15, 0.2) is 11.4 Å². The zero-order chi connectivity index (χ0) is 18.0. The maximum atomic E-state index is 12.6. The number of methoxy groups -OCH3 is 2. The van der Waals surface area contributed by atoms with Crippen LogP contribution in [0.3, 0.4) is 0 Å². The van der Waals surface area contributed by atoms with Crippen LogP contribution in [0, 0.1) is 0 Å². The number of carboxylic acids is 1. The van der Waals surface area contributed by atoms with Crippen molar-refractivity contribution in [3.8, 4) is 11.5 Å². The fourth-order valence-corrected chi connectivity index (χ4v) is 3.13. The van der Waals surface area contributed by atoms with Crippen LogP contribution in [0.4, 0.5) is 0 Å². The quantitative estimate of drug-likeness (QED) is 0.855. The Labute approximate surface area is 144 Å². The van der Waals surface area contributed by atoms with E-state index in [1.54, 1.807) is 19.1 Å². The molecule has 0 saturated carbocycles. The van der Waals surface area contributed by atoms with Crippen LogP contribution in [0.15, 0.2) is 24.5 Å². The molecule has 1 aliphatic heterocycles. The number of amides is 1. The van der Waals surface area contributed by atoms with E-state index >= 15 is 0 Å². The first-order chi connectivity index (χ1) is 12.0. The van der Waals surface area contributed by atoms with E-state index in [1.165, 1.54) is 6.33 Å². The van der Waals surface area contributed by atoms with Gasteiger partial charge in [-0.2, -0.15) is 0 Å². The standard InChI is InChI=1S/C17H19N3O5/c1-24-11-3-4-13(25-2)12(7-11)10-5-6-20(8-10)16(21)14-15(17(22)23)19-9-18-14/h3-4,7,9-10H,5-6,8H2,1-2H3,(H,18,19)(H,22,23). The van der Waals surface area contributed by atoms with Gasteiger partial charge in [0.25, 0.3) is 5.91 Å². The number of hydrogen-bond acceptors (Lipinski definition) is 5. The molecular formula is C17H19N3O5. The van der Waals surface area contributed by atoms with Gasteiger partial charge in [-0.05, 0) is 24.6 Å². The van der Waals surface area contributed by atoms with E-state index in [9.17, 15) is 9.59 Å². The molecule has 0 aliphatic carbocycles. The summed E-state index contributed by atoms with van der Waals surface area (Å²) in [5.41, 5.74) is 0.718. The smallest absolute Gasteiger partial charge is 0.354 e. The van der Waals surface area contributed by atoms with Gasteiger partial charge in [0, 0.05) is 24.6 Å². The fourth-order valence-electron chi connectivity index (χ4n) is 3.13. The van der Waals surface area contributed by atoms with Gasteiger partial charge in [-0.15, -0.1) is 0 Å². The van der Waals surface area contributed by atoms with Crippen LogP contribution in [-0.4, -0.2) is 59.2 Å². The second kappa shape index (κ2) is 6.84. The third kappa shape index (κ3) is 3.15. The maximum Gasteiger partial charge on any atom is 0.354 e. The molecule has 0 radical (unpaired) electrons. The number of aromatic carboxylic acids is 1. The van der Waals surface area contributed by atoms with Gasteiger partial charge in [0.2, 0.25) is 0 Å². The van der Waals surface area contributed by atoms with Gasteiger partial charge in [-0.25, -0.2) is 9.78 Å². The molecule has 1 aromatic carbocycles. The summed E-state index contributed by atoms with van der Waals surface area (Å²) in [6.07, 6.45) is 1.97. The number of likely N-dealkylation sites (tertiary alicyclic amines) is 1. The number of carboxylic acid groups (broad SMARTS) is 1. The maximum absolute atomic E-state index is 12.6. The molecule has 2 aromatic rings. The largest absolute Gasteiger partial charge is 0.497 e. The van der Waals surface area contributed by atoms with Crippen LogP contribution in [0.5, 0.6) is 11.5 Å². The Balaban J connectivity index is 1.81. The summed E-state index contributed by atoms with van der Waals surface area (Å²) in [6.45, 7) is 0.990. The summed E-state index contributed by atoms with van der Waals surface area (Å²) in [5.74, 6) is -0.0394. The Hall–Kier alpha value is -3.03. The first-order valence-electron chi connectivity index (χ1n) is 7.83. The molecular weight excluding hydrogens is 326 g/mol. The van der Waals surface area contributed by atoms with Crippen LogP contribution < -0.4 is 9.47 Å². The van der Waals surface area contributed by atoms with Crippen LogP contribution in [0.25, 0.3) is 0 Å². The zero-order valence-corrected chi connectivity index (χ0v) is 14.0. The number of nitrogens with zero attached hydrogens (tertiary/aromatic N) is 2. The van der Waals surface area contributed by atoms with E-state index in [0.717, 1.165) is 23.5 Å². The number of imidazole rings is 1. The van der Waals surface area contributed by atoms with E-state index in [1.807, 2.05) is 18.2 Å². The molecule has 1 atom stereocenters. The molecule has 1 unspecified atom stereocenters. The lowest BCUT2D eigenvalue weighted by Crippen LogP contribution is -2.30. The minimum absolute atomic E-state index is 0.0641. The Morgan fingerprint density at radius 3 is 2.80 bits per heavy atom. The van der Waals surface area contributed by atoms with Crippen LogP contribution >= 0.6 is 0 Å². The minimum Gasteiger partial charge on any atom is -0.497 e. The van der Waals surface area contributed by atoms with Crippen molar-refractivity contribution in [2.75, 3.05) is 27.3 Å². The number of ether oxygens (including phenoxy) is 2. The Kier molecular flexibility index (Phi) is 4.60. The van der Waals surface area contributed by atoms with Crippen molar-refractivity contribution in [3.63, 3.8) is 0 Å². The Morgan fingerprint density at radius 2 is 2.12 bits per heavy atom. The molecule has 132 valence electrons. The molecule has 3 rings (SSSR count). The molecule has 8 nitrogen and oxygen atoms in total.